The first kappa shape index (κ1) is 18.3. The van der Waals surface area contributed by atoms with Gasteiger partial charge in [0.1, 0.15) is 22.4 Å². The zero-order valence-corrected chi connectivity index (χ0v) is 18.4. The van der Waals surface area contributed by atoms with Crippen molar-refractivity contribution in [2.24, 2.45) is 7.05 Å². The lowest BCUT2D eigenvalue weighted by Gasteiger charge is -2.04. The van der Waals surface area contributed by atoms with E-state index in [0.717, 1.165) is 66.8 Å². The minimum absolute atomic E-state index is 0.789. The summed E-state index contributed by atoms with van der Waals surface area (Å²) in [5.74, 6) is 0.789. The first-order chi connectivity index (χ1) is 16.2. The number of hydrogen-bond donors (Lipinski definition) is 0. The maximum atomic E-state index is 6.67. The van der Waals surface area contributed by atoms with Gasteiger partial charge in [0, 0.05) is 10.8 Å². The standard InChI is InChI=1S/C29H21N2O2/c1-18-16-17-21-20-12-7-9-15-24(20)32-26(21)25(18)29-30(2)28-27(33-29)22-13-6-8-14-23(22)31(28)19-10-4-3-5-11-19/h3-17H,1-2H3/q+1. The molecule has 7 aromatic rings. The molecule has 0 radical (unpaired) electrons. The van der Waals surface area contributed by atoms with Crippen molar-refractivity contribution in [1.29, 1.82) is 0 Å². The van der Waals surface area contributed by atoms with Gasteiger partial charge in [0.2, 0.25) is 5.58 Å². The fraction of sp³-hybridized carbons (Fsp3) is 0.0690. The Kier molecular flexibility index (Phi) is 3.65. The fourth-order valence-corrected chi connectivity index (χ4v) is 5.07. The number of rotatable bonds is 2. The maximum Gasteiger partial charge on any atom is 0.334 e. The Morgan fingerprint density at radius 3 is 2.24 bits per heavy atom. The molecule has 0 aliphatic rings. The molecule has 4 heteroatoms. The number of benzene rings is 4. The number of furan rings is 1. The van der Waals surface area contributed by atoms with E-state index in [4.69, 9.17) is 8.83 Å². The normalized spacial score (nSPS) is 11.9. The van der Waals surface area contributed by atoms with Crippen LogP contribution in [0.15, 0.2) is 99.8 Å². The van der Waals surface area contributed by atoms with Gasteiger partial charge >= 0.3 is 11.5 Å². The number of para-hydroxylation sites is 3. The smallest absolute Gasteiger partial charge is 0.334 e. The van der Waals surface area contributed by atoms with E-state index in [1.54, 1.807) is 0 Å². The third-order valence-electron chi connectivity index (χ3n) is 6.61. The molecule has 0 amide bonds. The van der Waals surface area contributed by atoms with E-state index in [1.807, 2.05) is 24.3 Å². The molecule has 0 aliphatic carbocycles. The monoisotopic (exact) mass is 429 g/mol. The summed E-state index contributed by atoms with van der Waals surface area (Å²) in [6.45, 7) is 2.11. The van der Waals surface area contributed by atoms with E-state index in [9.17, 15) is 0 Å². The Morgan fingerprint density at radius 2 is 1.39 bits per heavy atom. The minimum atomic E-state index is 0.789. The molecule has 158 valence electrons. The molecule has 0 aliphatic heterocycles. The van der Waals surface area contributed by atoms with Crippen molar-refractivity contribution in [2.45, 2.75) is 6.92 Å². The Labute approximate surface area is 189 Å². The number of aromatic nitrogens is 2. The largest absolute Gasteiger partial charge is 0.455 e. The summed E-state index contributed by atoms with van der Waals surface area (Å²) in [5, 5.41) is 3.31. The highest BCUT2D eigenvalue weighted by molar-refractivity contribution is 6.10. The Balaban J connectivity index is 1.62. The Hall–Kier alpha value is -4.31. The van der Waals surface area contributed by atoms with E-state index in [2.05, 4.69) is 89.8 Å². The van der Waals surface area contributed by atoms with Crippen LogP contribution in [0.2, 0.25) is 0 Å². The van der Waals surface area contributed by atoms with Gasteiger partial charge in [-0.2, -0.15) is 9.13 Å². The molecule has 3 aromatic heterocycles. The third-order valence-corrected chi connectivity index (χ3v) is 6.61. The molecule has 7 rings (SSSR count). The van der Waals surface area contributed by atoms with Gasteiger partial charge in [0.15, 0.2) is 5.58 Å². The lowest BCUT2D eigenvalue weighted by atomic mass is 10.0. The number of hydrogen-bond acceptors (Lipinski definition) is 2. The molecule has 0 saturated carbocycles. The van der Waals surface area contributed by atoms with Gasteiger partial charge in [-0.3, -0.25) is 0 Å². The van der Waals surface area contributed by atoms with E-state index >= 15 is 0 Å². The Morgan fingerprint density at radius 1 is 0.667 bits per heavy atom. The van der Waals surface area contributed by atoms with Gasteiger partial charge in [-0.15, -0.1) is 0 Å². The number of aryl methyl sites for hydroxylation is 2. The summed E-state index contributed by atoms with van der Waals surface area (Å²) < 4.78 is 17.5. The van der Waals surface area contributed by atoms with Crippen LogP contribution in [0.5, 0.6) is 0 Å². The predicted octanol–water partition coefficient (Wildman–Crippen LogP) is 7.08. The first-order valence-electron chi connectivity index (χ1n) is 11.1. The van der Waals surface area contributed by atoms with Crippen molar-refractivity contribution < 1.29 is 13.4 Å². The van der Waals surface area contributed by atoms with Crippen LogP contribution in [0.1, 0.15) is 5.56 Å². The molecule has 4 nitrogen and oxygen atoms in total. The van der Waals surface area contributed by atoms with Gasteiger partial charge in [0.05, 0.1) is 12.4 Å². The number of oxazole rings is 1. The summed E-state index contributed by atoms with van der Waals surface area (Å²) in [7, 11) is 2.07. The maximum absolute atomic E-state index is 6.67. The summed E-state index contributed by atoms with van der Waals surface area (Å²) in [4.78, 5) is 0. The minimum Gasteiger partial charge on any atom is -0.455 e. The zero-order chi connectivity index (χ0) is 22.1. The van der Waals surface area contributed by atoms with Crippen molar-refractivity contribution in [3.8, 4) is 17.1 Å². The van der Waals surface area contributed by atoms with Crippen LogP contribution in [0.4, 0.5) is 0 Å². The van der Waals surface area contributed by atoms with Gasteiger partial charge in [-0.1, -0.05) is 60.7 Å². The van der Waals surface area contributed by atoms with E-state index in [1.165, 1.54) is 0 Å². The van der Waals surface area contributed by atoms with E-state index in [-0.39, 0.29) is 0 Å². The molecule has 0 spiro atoms. The molecule has 4 aromatic carbocycles. The highest BCUT2D eigenvalue weighted by atomic mass is 16.4. The summed E-state index contributed by atoms with van der Waals surface area (Å²) >= 11 is 0. The second-order valence-corrected chi connectivity index (χ2v) is 8.54. The van der Waals surface area contributed by atoms with Gasteiger partial charge < -0.3 is 8.83 Å². The molecule has 33 heavy (non-hydrogen) atoms. The predicted molar refractivity (Wildman–Crippen MR) is 132 cm³/mol. The van der Waals surface area contributed by atoms with Crippen LogP contribution in [0.25, 0.3) is 61.2 Å². The van der Waals surface area contributed by atoms with Crippen molar-refractivity contribution >= 4 is 44.1 Å². The van der Waals surface area contributed by atoms with Crippen molar-refractivity contribution in [2.75, 3.05) is 0 Å². The van der Waals surface area contributed by atoms with Crippen LogP contribution < -0.4 is 4.57 Å². The fourth-order valence-electron chi connectivity index (χ4n) is 5.07. The van der Waals surface area contributed by atoms with Gasteiger partial charge in [-0.05, 0) is 42.8 Å². The second-order valence-electron chi connectivity index (χ2n) is 8.54. The topological polar surface area (TPSA) is 35.1 Å². The lowest BCUT2D eigenvalue weighted by Crippen LogP contribution is -2.31. The highest BCUT2D eigenvalue weighted by Crippen LogP contribution is 2.39. The molecule has 0 saturated heterocycles. The highest BCUT2D eigenvalue weighted by Gasteiger charge is 2.31. The summed E-state index contributed by atoms with van der Waals surface area (Å²) in [6.07, 6.45) is 0. The van der Waals surface area contributed by atoms with Gasteiger partial charge in [-0.25, -0.2) is 0 Å². The molecule has 0 unspecified atom stereocenters. The first-order valence-corrected chi connectivity index (χ1v) is 11.1. The molecule has 0 atom stereocenters. The molecular weight excluding hydrogens is 408 g/mol. The third kappa shape index (κ3) is 2.43. The summed E-state index contributed by atoms with van der Waals surface area (Å²) in [5.41, 5.74) is 7.97. The molecular formula is C29H21N2O2+. The average molecular weight is 429 g/mol. The van der Waals surface area contributed by atoms with Crippen LogP contribution in [0.3, 0.4) is 0 Å². The second kappa shape index (κ2) is 6.59. The summed E-state index contributed by atoms with van der Waals surface area (Å²) in [6, 6.07) is 31.3. The Bertz CT molecular complexity index is 1830. The number of fused-ring (bicyclic) bond motifs is 6. The van der Waals surface area contributed by atoms with Crippen LogP contribution >= 0.6 is 0 Å². The molecule has 0 bridgehead atoms. The lowest BCUT2D eigenvalue weighted by molar-refractivity contribution is -0.640. The molecule has 3 heterocycles. The quantitative estimate of drug-likeness (QED) is 0.275. The van der Waals surface area contributed by atoms with Crippen molar-refractivity contribution in [3.05, 3.63) is 96.6 Å². The van der Waals surface area contributed by atoms with Crippen LogP contribution in [0, 0.1) is 6.92 Å². The molecule has 0 N–H and O–H groups in total. The molecule has 0 fully saturated rings. The van der Waals surface area contributed by atoms with Crippen molar-refractivity contribution in [1.82, 2.24) is 4.57 Å². The van der Waals surface area contributed by atoms with Gasteiger partial charge in [0.25, 0.3) is 0 Å². The van der Waals surface area contributed by atoms with Crippen molar-refractivity contribution in [3.63, 3.8) is 0 Å². The zero-order valence-electron chi connectivity index (χ0n) is 18.4. The van der Waals surface area contributed by atoms with Crippen LogP contribution in [-0.2, 0) is 7.05 Å². The van der Waals surface area contributed by atoms with E-state index in [0.29, 0.717) is 0 Å². The SMILES string of the molecule is Cc1ccc2c(oc3ccccc32)c1-c1oc2c3ccccc3n(-c3ccccc3)c2[n+]1C. The number of nitrogens with zero attached hydrogens (tertiary/aromatic N) is 2. The average Bonchev–Trinajstić information content (AvgIpc) is 3.49. The van der Waals surface area contributed by atoms with E-state index < -0.39 is 0 Å². The van der Waals surface area contributed by atoms with Crippen LogP contribution in [-0.4, -0.2) is 4.57 Å².